The Labute approximate surface area is 205 Å². The van der Waals surface area contributed by atoms with Gasteiger partial charge in [0, 0.05) is 11.0 Å². The summed E-state index contributed by atoms with van der Waals surface area (Å²) in [6.45, 7) is 6.41. The van der Waals surface area contributed by atoms with Gasteiger partial charge in [0.2, 0.25) is 5.76 Å². The van der Waals surface area contributed by atoms with Crippen LogP contribution in [0.3, 0.4) is 0 Å². The van der Waals surface area contributed by atoms with Gasteiger partial charge in [-0.2, -0.15) is 0 Å². The van der Waals surface area contributed by atoms with E-state index in [1.54, 1.807) is 29.2 Å². The third-order valence-electron chi connectivity index (χ3n) is 5.94. The van der Waals surface area contributed by atoms with Crippen LogP contribution in [0.15, 0.2) is 93.1 Å². The standard InChI is InChI=1S/C28H22BrNO4/c1-3-13-33-21-6-4-5-19(14-21)25-24-26(31)22-15-20(29)11-12-23(22)34-27(24)28(32)30(25)16-18-9-7-17(2)8-10-18/h3-12,14-15,25H,1,13,16H2,2H3. The predicted molar refractivity (Wildman–Crippen MR) is 135 cm³/mol. The lowest BCUT2D eigenvalue weighted by Gasteiger charge is -2.25. The minimum Gasteiger partial charge on any atom is -0.490 e. The maximum Gasteiger partial charge on any atom is 0.291 e. The van der Waals surface area contributed by atoms with Gasteiger partial charge in [0.25, 0.3) is 5.91 Å². The predicted octanol–water partition coefficient (Wildman–Crippen LogP) is 6.17. The lowest BCUT2D eigenvalue weighted by molar-refractivity contribution is 0.0714. The van der Waals surface area contributed by atoms with Crippen molar-refractivity contribution in [1.82, 2.24) is 4.90 Å². The number of nitrogens with zero attached hydrogens (tertiary/aromatic N) is 1. The van der Waals surface area contributed by atoms with Crippen molar-refractivity contribution in [1.29, 1.82) is 0 Å². The molecular weight excluding hydrogens is 494 g/mol. The van der Waals surface area contributed by atoms with E-state index in [0.717, 1.165) is 21.2 Å². The number of hydrogen-bond acceptors (Lipinski definition) is 4. The van der Waals surface area contributed by atoms with Gasteiger partial charge in [-0.1, -0.05) is 70.5 Å². The Hall–Kier alpha value is -3.64. The molecular formula is C28H22BrNO4. The zero-order valence-electron chi connectivity index (χ0n) is 18.6. The second-order valence-corrected chi connectivity index (χ2v) is 9.22. The fourth-order valence-corrected chi connectivity index (χ4v) is 4.68. The summed E-state index contributed by atoms with van der Waals surface area (Å²) >= 11 is 3.43. The molecule has 0 spiro atoms. The van der Waals surface area contributed by atoms with Crippen LogP contribution in [-0.2, 0) is 6.54 Å². The van der Waals surface area contributed by atoms with E-state index in [1.165, 1.54) is 0 Å². The molecule has 4 aromatic rings. The van der Waals surface area contributed by atoms with E-state index in [1.807, 2.05) is 55.5 Å². The minimum atomic E-state index is -0.601. The third kappa shape index (κ3) is 3.94. The van der Waals surface area contributed by atoms with Gasteiger partial charge >= 0.3 is 0 Å². The first-order valence-electron chi connectivity index (χ1n) is 10.9. The van der Waals surface area contributed by atoms with Crippen LogP contribution in [0.5, 0.6) is 5.75 Å². The highest BCUT2D eigenvalue weighted by atomic mass is 79.9. The first-order valence-corrected chi connectivity index (χ1v) is 11.7. The van der Waals surface area contributed by atoms with Crippen molar-refractivity contribution < 1.29 is 13.9 Å². The van der Waals surface area contributed by atoms with Crippen LogP contribution in [0.25, 0.3) is 11.0 Å². The van der Waals surface area contributed by atoms with Crippen LogP contribution < -0.4 is 10.2 Å². The molecule has 0 N–H and O–H groups in total. The van der Waals surface area contributed by atoms with Crippen LogP contribution >= 0.6 is 15.9 Å². The maximum atomic E-state index is 13.7. The Kier molecular flexibility index (Phi) is 5.84. The molecule has 0 radical (unpaired) electrons. The molecule has 1 atom stereocenters. The van der Waals surface area contributed by atoms with Crippen molar-refractivity contribution in [2.45, 2.75) is 19.5 Å². The number of aryl methyl sites for hydroxylation is 1. The van der Waals surface area contributed by atoms with Crippen LogP contribution in [0, 0.1) is 6.92 Å². The van der Waals surface area contributed by atoms with E-state index in [9.17, 15) is 9.59 Å². The summed E-state index contributed by atoms with van der Waals surface area (Å²) in [6.07, 6.45) is 1.67. The molecule has 3 aromatic carbocycles. The number of carbonyl (C=O) groups excluding carboxylic acids is 1. The number of ether oxygens (including phenoxy) is 1. The Morgan fingerprint density at radius 3 is 2.65 bits per heavy atom. The van der Waals surface area contributed by atoms with E-state index >= 15 is 0 Å². The van der Waals surface area contributed by atoms with Gasteiger partial charge in [0.15, 0.2) is 5.43 Å². The molecule has 5 rings (SSSR count). The summed E-state index contributed by atoms with van der Waals surface area (Å²) < 4.78 is 12.5. The van der Waals surface area contributed by atoms with Gasteiger partial charge in [-0.15, -0.1) is 0 Å². The fraction of sp³-hybridized carbons (Fsp3) is 0.143. The fourth-order valence-electron chi connectivity index (χ4n) is 4.32. The van der Waals surface area contributed by atoms with Gasteiger partial charge in [-0.25, -0.2) is 0 Å². The molecule has 0 saturated heterocycles. The lowest BCUT2D eigenvalue weighted by Crippen LogP contribution is -2.29. The van der Waals surface area contributed by atoms with Gasteiger partial charge in [0.05, 0.1) is 17.0 Å². The van der Waals surface area contributed by atoms with Crippen molar-refractivity contribution in [3.8, 4) is 5.75 Å². The van der Waals surface area contributed by atoms with Crippen LogP contribution in [0.2, 0.25) is 0 Å². The number of hydrogen-bond donors (Lipinski definition) is 0. The van der Waals surface area contributed by atoms with Crippen LogP contribution in [0.1, 0.15) is 38.9 Å². The zero-order valence-corrected chi connectivity index (χ0v) is 20.2. The molecule has 1 aliphatic heterocycles. The molecule has 0 aliphatic carbocycles. The van der Waals surface area contributed by atoms with E-state index in [4.69, 9.17) is 9.15 Å². The quantitative estimate of drug-likeness (QED) is 0.288. The van der Waals surface area contributed by atoms with Crippen LogP contribution in [-0.4, -0.2) is 17.4 Å². The summed E-state index contributed by atoms with van der Waals surface area (Å²) in [5.41, 5.74) is 3.41. The molecule has 5 nitrogen and oxygen atoms in total. The van der Waals surface area contributed by atoms with Gasteiger partial charge < -0.3 is 14.1 Å². The van der Waals surface area contributed by atoms with E-state index in [0.29, 0.717) is 35.4 Å². The molecule has 2 heterocycles. The number of carbonyl (C=O) groups is 1. The van der Waals surface area contributed by atoms with Gasteiger partial charge in [-0.05, 0) is 48.4 Å². The molecule has 1 unspecified atom stereocenters. The summed E-state index contributed by atoms with van der Waals surface area (Å²) in [5.74, 6) is 0.427. The molecule has 0 bridgehead atoms. The summed E-state index contributed by atoms with van der Waals surface area (Å²) in [6, 6.07) is 20.1. The van der Waals surface area contributed by atoms with Crippen molar-refractivity contribution in [3.63, 3.8) is 0 Å². The highest BCUT2D eigenvalue weighted by Crippen LogP contribution is 2.40. The van der Waals surface area contributed by atoms with Crippen molar-refractivity contribution >= 4 is 32.8 Å². The largest absolute Gasteiger partial charge is 0.490 e. The maximum absolute atomic E-state index is 13.7. The monoisotopic (exact) mass is 515 g/mol. The second kappa shape index (κ2) is 8.95. The van der Waals surface area contributed by atoms with Crippen molar-refractivity contribution in [2.24, 2.45) is 0 Å². The minimum absolute atomic E-state index is 0.0920. The number of rotatable bonds is 6. The molecule has 1 amide bonds. The zero-order chi connectivity index (χ0) is 23.8. The molecule has 0 fully saturated rings. The highest BCUT2D eigenvalue weighted by Gasteiger charge is 2.42. The number of fused-ring (bicyclic) bond motifs is 2. The van der Waals surface area contributed by atoms with Crippen molar-refractivity contribution in [3.05, 3.63) is 122 Å². The van der Waals surface area contributed by atoms with Crippen molar-refractivity contribution in [2.75, 3.05) is 6.61 Å². The second-order valence-electron chi connectivity index (χ2n) is 8.31. The molecule has 1 aliphatic rings. The van der Waals surface area contributed by atoms with E-state index < -0.39 is 6.04 Å². The van der Waals surface area contributed by atoms with Gasteiger partial charge in [-0.3, -0.25) is 9.59 Å². The Balaban J connectivity index is 1.69. The molecule has 6 heteroatoms. The topological polar surface area (TPSA) is 59.8 Å². The molecule has 1 aromatic heterocycles. The summed E-state index contributed by atoms with van der Waals surface area (Å²) in [7, 11) is 0. The normalized spacial score (nSPS) is 14.9. The highest BCUT2D eigenvalue weighted by molar-refractivity contribution is 9.10. The molecule has 0 saturated carbocycles. The summed E-state index contributed by atoms with van der Waals surface area (Å²) in [4.78, 5) is 29.0. The smallest absolute Gasteiger partial charge is 0.291 e. The Morgan fingerprint density at radius 2 is 1.88 bits per heavy atom. The lowest BCUT2D eigenvalue weighted by atomic mass is 9.98. The molecule has 34 heavy (non-hydrogen) atoms. The van der Waals surface area contributed by atoms with E-state index in [2.05, 4.69) is 22.5 Å². The summed E-state index contributed by atoms with van der Waals surface area (Å²) in [5, 5.41) is 0.433. The molecule has 170 valence electrons. The Bertz CT molecular complexity index is 1470. The van der Waals surface area contributed by atoms with E-state index in [-0.39, 0.29) is 17.1 Å². The third-order valence-corrected chi connectivity index (χ3v) is 6.44. The van der Waals surface area contributed by atoms with Crippen LogP contribution in [0.4, 0.5) is 0 Å². The number of amides is 1. The first kappa shape index (κ1) is 22.2. The number of benzene rings is 3. The Morgan fingerprint density at radius 1 is 1.09 bits per heavy atom. The average Bonchev–Trinajstić information content (AvgIpc) is 3.11. The average molecular weight is 516 g/mol. The first-order chi connectivity index (χ1) is 16.5. The number of halogens is 1. The SMILES string of the molecule is C=CCOc1cccc(C2c3c(oc4ccc(Br)cc4c3=O)C(=O)N2Cc2ccc(C)cc2)c1. The van der Waals surface area contributed by atoms with Gasteiger partial charge in [0.1, 0.15) is 17.9 Å².